The molecule has 4 amide bonds. The highest BCUT2D eigenvalue weighted by Gasteiger charge is 2.40. The van der Waals surface area contributed by atoms with Gasteiger partial charge in [0.25, 0.3) is 23.6 Å². The van der Waals surface area contributed by atoms with Crippen LogP contribution in [0.2, 0.25) is 0 Å². The predicted octanol–water partition coefficient (Wildman–Crippen LogP) is 8.19. The Morgan fingerprint density at radius 3 is 1.48 bits per heavy atom. The van der Waals surface area contributed by atoms with Gasteiger partial charge >= 0.3 is 0 Å². The van der Waals surface area contributed by atoms with Crippen LogP contribution in [-0.4, -0.2) is 23.6 Å². The summed E-state index contributed by atoms with van der Waals surface area (Å²) in [5, 5.41) is 0. The van der Waals surface area contributed by atoms with E-state index < -0.39 is 0 Å². The molecule has 1 aliphatic carbocycles. The van der Waals surface area contributed by atoms with Crippen molar-refractivity contribution in [2.75, 3.05) is 9.80 Å². The van der Waals surface area contributed by atoms with Gasteiger partial charge in [0.05, 0.1) is 33.6 Å². The van der Waals surface area contributed by atoms with Crippen molar-refractivity contribution in [1.29, 1.82) is 0 Å². The van der Waals surface area contributed by atoms with Crippen molar-refractivity contribution < 1.29 is 19.2 Å². The van der Waals surface area contributed by atoms with Crippen LogP contribution in [0, 0.1) is 19.8 Å². The fourth-order valence-corrected chi connectivity index (χ4v) is 6.51. The molecule has 0 atom stereocenters. The minimum atomic E-state index is -0.386. The summed E-state index contributed by atoms with van der Waals surface area (Å²) in [6, 6.07) is 32.0. The number of carbonyl (C=O) groups excluding carboxylic acids is 4. The van der Waals surface area contributed by atoms with Crippen molar-refractivity contribution in [2.24, 2.45) is 5.92 Å². The lowest BCUT2D eigenvalue weighted by molar-refractivity contribution is 0.0909. The van der Waals surface area contributed by atoms with Crippen LogP contribution in [0.25, 0.3) is 22.3 Å². The number of amides is 4. The minimum Gasteiger partial charge on any atom is -0.268 e. The number of hydrogen-bond donors (Lipinski definition) is 0. The number of nitrogens with zero attached hydrogens (tertiary/aromatic N) is 2. The summed E-state index contributed by atoms with van der Waals surface area (Å²) in [6.45, 7) is 4.04. The number of benzene rings is 5. The first-order valence-corrected chi connectivity index (χ1v) is 15.6. The second-order valence-corrected chi connectivity index (χ2v) is 12.6. The lowest BCUT2D eigenvalue weighted by Gasteiger charge is -2.21. The van der Waals surface area contributed by atoms with Crippen molar-refractivity contribution in [2.45, 2.75) is 33.1 Å². The summed E-state index contributed by atoms with van der Waals surface area (Å²) in [4.78, 5) is 57.3. The van der Waals surface area contributed by atoms with E-state index >= 15 is 0 Å². The van der Waals surface area contributed by atoms with Crippen LogP contribution < -0.4 is 9.80 Å². The van der Waals surface area contributed by atoms with Gasteiger partial charge in [-0.15, -0.1) is 0 Å². The fourth-order valence-electron chi connectivity index (χ4n) is 6.51. The number of carbonyl (C=O) groups is 4. The highest BCUT2D eigenvalue weighted by atomic mass is 16.2. The molecule has 3 aliphatic rings. The van der Waals surface area contributed by atoms with E-state index in [0.717, 1.165) is 51.8 Å². The van der Waals surface area contributed by atoms with Crippen LogP contribution in [0.15, 0.2) is 103 Å². The predicted molar refractivity (Wildman–Crippen MR) is 178 cm³/mol. The Balaban J connectivity index is 1.13. The molecule has 0 spiro atoms. The Morgan fingerprint density at radius 1 is 0.500 bits per heavy atom. The molecule has 1 fully saturated rings. The van der Waals surface area contributed by atoms with Crippen LogP contribution in [0.1, 0.15) is 71.0 Å². The molecule has 5 aromatic rings. The van der Waals surface area contributed by atoms with Gasteiger partial charge in [-0.25, -0.2) is 9.80 Å². The largest absolute Gasteiger partial charge is 0.268 e. The van der Waals surface area contributed by atoms with E-state index in [2.05, 4.69) is 0 Å². The quantitative estimate of drug-likeness (QED) is 0.184. The molecule has 0 N–H and O–H groups in total. The van der Waals surface area contributed by atoms with Crippen LogP contribution in [0.3, 0.4) is 0 Å². The normalized spacial score (nSPS) is 15.5. The van der Waals surface area contributed by atoms with E-state index in [4.69, 9.17) is 0 Å². The lowest BCUT2D eigenvalue weighted by atomic mass is 9.99. The zero-order valence-electron chi connectivity index (χ0n) is 25.5. The number of aryl methyl sites for hydroxylation is 2. The molecule has 46 heavy (non-hydrogen) atoms. The average molecular weight is 603 g/mol. The smallest absolute Gasteiger partial charge is 0.266 e. The topological polar surface area (TPSA) is 74.8 Å². The Kier molecular flexibility index (Phi) is 6.36. The zero-order valence-corrected chi connectivity index (χ0v) is 25.5. The number of rotatable bonds is 6. The van der Waals surface area contributed by atoms with Crippen LogP contribution in [-0.2, 0) is 6.42 Å². The SMILES string of the molecule is Cc1ccc(-c2ccc3c(c2)C(=O)N(c2ccc(N4C(=O)c5ccc(-c6ccc(C)cc6)cc5C4=O)c(CC4CC4)c2)C3=O)cc1. The Hall–Kier alpha value is -5.62. The van der Waals surface area contributed by atoms with Gasteiger partial charge < -0.3 is 0 Å². The first-order chi connectivity index (χ1) is 22.3. The Morgan fingerprint density at radius 2 is 0.957 bits per heavy atom. The maximum absolute atomic E-state index is 13.8. The van der Waals surface area contributed by atoms with Crippen molar-refractivity contribution >= 4 is 35.0 Å². The molecule has 1 saturated carbocycles. The summed E-state index contributed by atoms with van der Waals surface area (Å²) in [5.41, 5.74) is 9.11. The monoisotopic (exact) mass is 602 g/mol. The summed E-state index contributed by atoms with van der Waals surface area (Å²) >= 11 is 0. The third kappa shape index (κ3) is 4.57. The van der Waals surface area contributed by atoms with E-state index in [1.54, 1.807) is 42.5 Å². The number of anilines is 2. The molecule has 2 heterocycles. The average Bonchev–Trinajstić information content (AvgIpc) is 3.80. The van der Waals surface area contributed by atoms with E-state index in [-0.39, 0.29) is 23.6 Å². The van der Waals surface area contributed by atoms with Crippen LogP contribution in [0.5, 0.6) is 0 Å². The summed E-state index contributed by atoms with van der Waals surface area (Å²) in [7, 11) is 0. The van der Waals surface area contributed by atoms with Gasteiger partial charge in [-0.05, 0) is 109 Å². The third-order valence-corrected chi connectivity index (χ3v) is 9.31. The van der Waals surface area contributed by atoms with Gasteiger partial charge in [0.2, 0.25) is 0 Å². The van der Waals surface area contributed by atoms with Crippen LogP contribution in [0.4, 0.5) is 11.4 Å². The molecule has 2 aliphatic heterocycles. The first-order valence-electron chi connectivity index (χ1n) is 15.6. The molecule has 0 aromatic heterocycles. The first kappa shape index (κ1) is 27.9. The second kappa shape index (κ2) is 10.5. The van der Waals surface area contributed by atoms with E-state index in [1.165, 1.54) is 9.80 Å². The van der Waals surface area contributed by atoms with Crippen LogP contribution >= 0.6 is 0 Å². The van der Waals surface area contributed by atoms with Crippen molar-refractivity contribution in [3.63, 3.8) is 0 Å². The highest BCUT2D eigenvalue weighted by Crippen LogP contribution is 2.41. The molecule has 0 unspecified atom stereocenters. The number of hydrogen-bond acceptors (Lipinski definition) is 4. The molecular weight excluding hydrogens is 572 g/mol. The highest BCUT2D eigenvalue weighted by molar-refractivity contribution is 6.36. The zero-order chi connectivity index (χ0) is 31.7. The molecule has 6 nitrogen and oxygen atoms in total. The summed E-state index contributed by atoms with van der Waals surface area (Å²) in [5.74, 6) is -1.09. The maximum Gasteiger partial charge on any atom is 0.266 e. The molecule has 0 radical (unpaired) electrons. The Labute approximate surface area is 266 Å². The van der Waals surface area contributed by atoms with Gasteiger partial charge in [-0.3, -0.25) is 19.2 Å². The maximum atomic E-state index is 13.8. The molecule has 0 saturated heterocycles. The van der Waals surface area contributed by atoms with Gasteiger partial charge in [0, 0.05) is 0 Å². The fraction of sp³-hybridized carbons (Fsp3) is 0.150. The van der Waals surface area contributed by atoms with E-state index in [0.29, 0.717) is 46.0 Å². The van der Waals surface area contributed by atoms with Crippen molar-refractivity contribution in [1.82, 2.24) is 0 Å². The molecule has 8 rings (SSSR count). The number of fused-ring (bicyclic) bond motifs is 2. The van der Waals surface area contributed by atoms with E-state index in [9.17, 15) is 19.2 Å². The van der Waals surface area contributed by atoms with Gasteiger partial charge in [0.1, 0.15) is 0 Å². The standard InChI is InChI=1S/C40H30N2O4/c1-23-3-9-26(10-4-23)28-13-16-32-34(21-28)39(45)41(37(32)43)31-15-18-36(30(20-31)19-25-7-8-25)42-38(44)33-17-14-29(22-35(33)40(42)46)27-11-5-24(2)6-12-27/h3-6,9-18,20-22,25H,7-8,19H2,1-2H3. The van der Waals surface area contributed by atoms with E-state index in [1.807, 2.05) is 74.5 Å². The van der Waals surface area contributed by atoms with Crippen molar-refractivity contribution in [3.8, 4) is 22.3 Å². The van der Waals surface area contributed by atoms with Gasteiger partial charge in [-0.2, -0.15) is 0 Å². The molecule has 0 bridgehead atoms. The molecular formula is C40H30N2O4. The minimum absolute atomic E-state index is 0.360. The van der Waals surface area contributed by atoms with Crippen molar-refractivity contribution in [3.05, 3.63) is 142 Å². The molecule has 5 aromatic carbocycles. The summed E-state index contributed by atoms with van der Waals surface area (Å²) < 4.78 is 0. The lowest BCUT2D eigenvalue weighted by Crippen LogP contribution is -2.32. The van der Waals surface area contributed by atoms with Gasteiger partial charge in [0.15, 0.2) is 0 Å². The number of imide groups is 2. The van der Waals surface area contributed by atoms with Gasteiger partial charge in [-0.1, -0.05) is 71.8 Å². The molecule has 224 valence electrons. The third-order valence-electron chi connectivity index (χ3n) is 9.31. The summed E-state index contributed by atoms with van der Waals surface area (Å²) in [6.07, 6.45) is 2.76. The molecule has 6 heteroatoms. The Bertz CT molecular complexity index is 2120. The second-order valence-electron chi connectivity index (χ2n) is 12.6.